The largest absolute Gasteiger partial charge is 0.228 e. The van der Waals surface area contributed by atoms with E-state index < -0.39 is 5.41 Å². The van der Waals surface area contributed by atoms with Gasteiger partial charge in [-0.3, -0.25) is 0 Å². The number of benzene rings is 7. The molecule has 1 atom stereocenters. The van der Waals surface area contributed by atoms with Crippen molar-refractivity contribution in [3.63, 3.8) is 0 Å². The third-order valence-corrected chi connectivity index (χ3v) is 12.1. The van der Waals surface area contributed by atoms with E-state index in [2.05, 4.69) is 158 Å². The van der Waals surface area contributed by atoms with E-state index in [0.29, 0.717) is 0 Å². The third-order valence-electron chi connectivity index (χ3n) is 10.9. The van der Waals surface area contributed by atoms with Gasteiger partial charge in [-0.1, -0.05) is 158 Å². The summed E-state index contributed by atoms with van der Waals surface area (Å²) >= 11 is 1.88. The first kappa shape index (κ1) is 29.3. The van der Waals surface area contributed by atoms with Crippen LogP contribution in [0.15, 0.2) is 170 Å². The summed E-state index contributed by atoms with van der Waals surface area (Å²) in [5.41, 5.74) is 14.7. The molecule has 0 bridgehead atoms. The number of hydrogen-bond acceptors (Lipinski definition) is 3. The SMILES string of the molecule is C1=Cc2ccc(-c3cc(-c4ccccc4)nc(-c4ccccc4)n3)cc2C2(c3ccccc31)c1ccccc1-c1c2ccc2sc3ccccc3c12. The molecule has 7 aromatic carbocycles. The minimum Gasteiger partial charge on any atom is -0.228 e. The van der Waals surface area contributed by atoms with Crippen molar-refractivity contribution in [1.29, 1.82) is 0 Å². The molecule has 3 heteroatoms. The molecule has 2 aliphatic rings. The smallest absolute Gasteiger partial charge is 0.160 e. The fourth-order valence-electron chi connectivity index (χ4n) is 8.72. The molecule has 2 aromatic heterocycles. The maximum atomic E-state index is 5.26. The van der Waals surface area contributed by atoms with Crippen molar-refractivity contribution in [3.05, 3.63) is 203 Å². The molecule has 1 unspecified atom stereocenters. The molecule has 0 saturated carbocycles. The molecule has 1 spiro atoms. The Bertz CT molecular complexity index is 2850. The molecule has 11 rings (SSSR count). The summed E-state index contributed by atoms with van der Waals surface area (Å²) in [6.45, 7) is 0. The number of hydrogen-bond donors (Lipinski definition) is 0. The van der Waals surface area contributed by atoms with Gasteiger partial charge in [0.2, 0.25) is 0 Å². The first-order chi connectivity index (χ1) is 25.8. The van der Waals surface area contributed by atoms with Gasteiger partial charge in [0.25, 0.3) is 0 Å². The van der Waals surface area contributed by atoms with Crippen molar-refractivity contribution in [3.8, 4) is 45.0 Å². The molecule has 52 heavy (non-hydrogen) atoms. The zero-order chi connectivity index (χ0) is 34.2. The van der Waals surface area contributed by atoms with Crippen LogP contribution in [-0.2, 0) is 5.41 Å². The monoisotopic (exact) mass is 678 g/mol. The second-order valence-electron chi connectivity index (χ2n) is 13.7. The molecular weight excluding hydrogens is 649 g/mol. The Balaban J connectivity index is 1.24. The van der Waals surface area contributed by atoms with Crippen molar-refractivity contribution < 1.29 is 0 Å². The average Bonchev–Trinajstić information content (AvgIpc) is 3.69. The minimum absolute atomic E-state index is 0.549. The van der Waals surface area contributed by atoms with Gasteiger partial charge >= 0.3 is 0 Å². The van der Waals surface area contributed by atoms with Crippen molar-refractivity contribution in [2.24, 2.45) is 0 Å². The van der Waals surface area contributed by atoms with Gasteiger partial charge in [0.15, 0.2) is 5.82 Å². The molecule has 9 aromatic rings. The molecule has 242 valence electrons. The fraction of sp³-hybridized carbons (Fsp3) is 0.0204. The lowest BCUT2D eigenvalue weighted by Crippen LogP contribution is -2.30. The second-order valence-corrected chi connectivity index (χ2v) is 14.8. The highest BCUT2D eigenvalue weighted by atomic mass is 32.1. The summed E-state index contributed by atoms with van der Waals surface area (Å²) in [7, 11) is 0. The van der Waals surface area contributed by atoms with Crippen LogP contribution in [0.1, 0.15) is 33.4 Å². The lowest BCUT2D eigenvalue weighted by Gasteiger charge is -2.35. The molecule has 0 aliphatic heterocycles. The summed E-state index contributed by atoms with van der Waals surface area (Å²) in [6, 6.07) is 61.5. The number of aromatic nitrogens is 2. The van der Waals surface area contributed by atoms with Gasteiger partial charge in [0.05, 0.1) is 16.8 Å². The lowest BCUT2D eigenvalue weighted by atomic mass is 9.65. The van der Waals surface area contributed by atoms with Crippen LogP contribution in [-0.4, -0.2) is 9.97 Å². The molecule has 2 nitrogen and oxygen atoms in total. The predicted molar refractivity (Wildman–Crippen MR) is 217 cm³/mol. The van der Waals surface area contributed by atoms with E-state index in [4.69, 9.17) is 9.97 Å². The Kier molecular flexibility index (Phi) is 6.37. The lowest BCUT2D eigenvalue weighted by molar-refractivity contribution is 0.767. The minimum atomic E-state index is -0.549. The van der Waals surface area contributed by atoms with Crippen molar-refractivity contribution >= 4 is 43.7 Å². The van der Waals surface area contributed by atoms with Crippen molar-refractivity contribution in [2.75, 3.05) is 0 Å². The van der Waals surface area contributed by atoms with Crippen LogP contribution < -0.4 is 0 Å². The van der Waals surface area contributed by atoms with Gasteiger partial charge in [0, 0.05) is 36.9 Å². The van der Waals surface area contributed by atoms with Crippen LogP contribution in [0, 0.1) is 0 Å². The van der Waals surface area contributed by atoms with Gasteiger partial charge < -0.3 is 0 Å². The normalized spacial score (nSPS) is 15.3. The summed E-state index contributed by atoms with van der Waals surface area (Å²) < 4.78 is 2.64. The van der Waals surface area contributed by atoms with Gasteiger partial charge in [-0.05, 0) is 68.8 Å². The molecule has 0 N–H and O–H groups in total. The molecular formula is C49H30N2S. The number of fused-ring (bicyclic) bond motifs is 13. The number of thiophene rings is 1. The summed E-state index contributed by atoms with van der Waals surface area (Å²) in [5.74, 6) is 0.718. The van der Waals surface area contributed by atoms with E-state index >= 15 is 0 Å². The molecule has 0 radical (unpaired) electrons. The predicted octanol–water partition coefficient (Wildman–Crippen LogP) is 12.7. The second kappa shape index (κ2) is 11.3. The average molecular weight is 679 g/mol. The Morgan fingerprint density at radius 1 is 0.423 bits per heavy atom. The Morgan fingerprint density at radius 2 is 1.08 bits per heavy atom. The van der Waals surface area contributed by atoms with E-state index in [0.717, 1.165) is 33.9 Å². The highest BCUT2D eigenvalue weighted by Crippen LogP contribution is 2.61. The zero-order valence-electron chi connectivity index (χ0n) is 28.1. The van der Waals surface area contributed by atoms with Gasteiger partial charge in [-0.2, -0.15) is 0 Å². The third kappa shape index (κ3) is 4.17. The Labute approximate surface area is 306 Å². The van der Waals surface area contributed by atoms with E-state index in [1.807, 2.05) is 35.6 Å². The first-order valence-electron chi connectivity index (χ1n) is 17.7. The standard InChI is InChI=1S/C49H30N2S/c1-3-14-33(15-4-1)42-30-43(51-48(50-42)34-16-5-2-6-17-34)35-26-25-32-24-23-31-13-7-10-20-38(31)49(41(32)29-35)39-21-11-8-18-36(39)46-40(49)27-28-45-47(46)37-19-9-12-22-44(37)52-45/h1-30H. The van der Waals surface area contributed by atoms with Crippen LogP contribution in [0.3, 0.4) is 0 Å². The van der Waals surface area contributed by atoms with Crippen LogP contribution in [0.2, 0.25) is 0 Å². The van der Waals surface area contributed by atoms with Crippen LogP contribution >= 0.6 is 11.3 Å². The molecule has 0 saturated heterocycles. The van der Waals surface area contributed by atoms with Gasteiger partial charge in [-0.25, -0.2) is 9.97 Å². The van der Waals surface area contributed by atoms with Crippen molar-refractivity contribution in [2.45, 2.75) is 5.41 Å². The quantitative estimate of drug-likeness (QED) is 0.186. The van der Waals surface area contributed by atoms with Gasteiger partial charge in [0.1, 0.15) is 0 Å². The first-order valence-corrected chi connectivity index (χ1v) is 18.6. The van der Waals surface area contributed by atoms with Crippen LogP contribution in [0.4, 0.5) is 0 Å². The Hall–Kier alpha value is -6.42. The van der Waals surface area contributed by atoms with Crippen LogP contribution in [0.25, 0.3) is 77.4 Å². The van der Waals surface area contributed by atoms with E-state index in [9.17, 15) is 0 Å². The van der Waals surface area contributed by atoms with E-state index in [1.54, 1.807) is 0 Å². The molecule has 2 heterocycles. The molecule has 0 fully saturated rings. The molecule has 2 aliphatic carbocycles. The highest BCUT2D eigenvalue weighted by Gasteiger charge is 2.49. The Morgan fingerprint density at radius 3 is 1.90 bits per heavy atom. The fourth-order valence-corrected chi connectivity index (χ4v) is 9.84. The number of rotatable bonds is 3. The number of nitrogens with zero attached hydrogens (tertiary/aromatic N) is 2. The van der Waals surface area contributed by atoms with E-state index in [-0.39, 0.29) is 0 Å². The summed E-state index contributed by atoms with van der Waals surface area (Å²) in [4.78, 5) is 10.3. The highest BCUT2D eigenvalue weighted by molar-refractivity contribution is 7.26. The van der Waals surface area contributed by atoms with Gasteiger partial charge in [-0.15, -0.1) is 11.3 Å². The van der Waals surface area contributed by atoms with Crippen LogP contribution in [0.5, 0.6) is 0 Å². The maximum absolute atomic E-state index is 5.26. The van der Waals surface area contributed by atoms with E-state index in [1.165, 1.54) is 64.7 Å². The van der Waals surface area contributed by atoms with Crippen molar-refractivity contribution in [1.82, 2.24) is 9.97 Å². The summed E-state index contributed by atoms with van der Waals surface area (Å²) in [6.07, 6.45) is 4.60. The summed E-state index contributed by atoms with van der Waals surface area (Å²) in [5, 5.41) is 2.67. The topological polar surface area (TPSA) is 25.8 Å². The maximum Gasteiger partial charge on any atom is 0.160 e. The zero-order valence-corrected chi connectivity index (χ0v) is 28.9. The molecule has 0 amide bonds.